The lowest BCUT2D eigenvalue weighted by Gasteiger charge is -2.30. The van der Waals surface area contributed by atoms with Gasteiger partial charge in [0.05, 0.1) is 0 Å². The Bertz CT molecular complexity index is 197. The molecule has 0 aromatic carbocycles. The lowest BCUT2D eigenvalue weighted by Crippen LogP contribution is -2.46. The number of hydrogen-bond acceptors (Lipinski definition) is 4. The molecular weight excluding hydrogens is 228 g/mol. The molecule has 0 N–H and O–H groups in total. The van der Waals surface area contributed by atoms with Crippen LogP contribution < -0.4 is 0 Å². The smallest absolute Gasteiger partial charge is 0.346 e. The van der Waals surface area contributed by atoms with Gasteiger partial charge in [0.25, 0.3) is 0 Å². The molecule has 0 bridgehead atoms. The van der Waals surface area contributed by atoms with Crippen LogP contribution in [0.3, 0.4) is 0 Å². The lowest BCUT2D eigenvalue weighted by atomic mass is 10.5. The molecule has 0 heterocycles. The van der Waals surface area contributed by atoms with E-state index < -0.39 is 8.56 Å². The summed E-state index contributed by atoms with van der Waals surface area (Å²) in [6.45, 7) is 11.6. The molecule has 0 spiro atoms. The van der Waals surface area contributed by atoms with Crippen molar-refractivity contribution < 1.29 is 13.6 Å². The summed E-state index contributed by atoms with van der Waals surface area (Å²) in [7, 11) is -2.20. The first-order valence-electron chi connectivity index (χ1n) is 5.24. The van der Waals surface area contributed by atoms with Crippen LogP contribution in [-0.2, 0) is 13.6 Å². The van der Waals surface area contributed by atoms with Crippen LogP contribution >= 0.6 is 11.8 Å². The van der Waals surface area contributed by atoms with Crippen LogP contribution in [-0.4, -0.2) is 31.3 Å². The van der Waals surface area contributed by atoms with Crippen LogP contribution in [0.5, 0.6) is 0 Å². The fourth-order valence-corrected chi connectivity index (χ4v) is 5.78. The van der Waals surface area contributed by atoms with E-state index in [-0.39, 0.29) is 17.3 Å². The Morgan fingerprint density at radius 1 is 1.20 bits per heavy atom. The molecule has 90 valence electrons. The van der Waals surface area contributed by atoms with Crippen LogP contribution in [0.2, 0.25) is 6.55 Å². The van der Waals surface area contributed by atoms with Crippen molar-refractivity contribution in [2.75, 3.05) is 5.38 Å². The van der Waals surface area contributed by atoms with Gasteiger partial charge in [0.15, 0.2) is 5.12 Å². The normalized spacial score (nSPS) is 12.5. The van der Waals surface area contributed by atoms with Crippen LogP contribution in [0.15, 0.2) is 0 Å². The third kappa shape index (κ3) is 8.01. The van der Waals surface area contributed by atoms with Gasteiger partial charge in [-0.2, -0.15) is 0 Å². The Morgan fingerprint density at radius 2 is 1.60 bits per heavy atom. The minimum absolute atomic E-state index is 0.119. The molecule has 0 atom stereocenters. The van der Waals surface area contributed by atoms with Crippen LogP contribution in [0.25, 0.3) is 0 Å². The van der Waals surface area contributed by atoms with Crippen molar-refractivity contribution in [3.63, 3.8) is 0 Å². The van der Waals surface area contributed by atoms with Gasteiger partial charge in [-0.3, -0.25) is 4.79 Å². The van der Waals surface area contributed by atoms with Crippen molar-refractivity contribution in [2.45, 2.75) is 53.4 Å². The van der Waals surface area contributed by atoms with E-state index in [1.54, 1.807) is 6.92 Å². The molecule has 0 saturated heterocycles. The van der Waals surface area contributed by atoms with Gasteiger partial charge in [-0.25, -0.2) is 0 Å². The van der Waals surface area contributed by atoms with Crippen LogP contribution in [0.1, 0.15) is 34.6 Å². The molecule has 0 fully saturated rings. The van der Waals surface area contributed by atoms with E-state index in [4.69, 9.17) is 8.85 Å². The first kappa shape index (κ1) is 15.2. The number of carbonyl (C=O) groups excluding carboxylic acids is 1. The molecule has 15 heavy (non-hydrogen) atoms. The monoisotopic (exact) mass is 250 g/mol. The fourth-order valence-electron chi connectivity index (χ4n) is 1.33. The quantitative estimate of drug-likeness (QED) is 0.679. The zero-order valence-corrected chi connectivity index (χ0v) is 12.3. The third-order valence-corrected chi connectivity index (χ3v) is 6.53. The molecule has 0 amide bonds. The molecule has 0 aliphatic heterocycles. The van der Waals surface area contributed by atoms with Crippen molar-refractivity contribution >= 4 is 25.4 Å². The maximum Gasteiger partial charge on any atom is 0.346 e. The second-order valence-electron chi connectivity index (χ2n) is 4.25. The maximum atomic E-state index is 10.9. The molecule has 0 aliphatic rings. The van der Waals surface area contributed by atoms with Gasteiger partial charge in [-0.15, -0.1) is 0 Å². The van der Waals surface area contributed by atoms with E-state index in [0.29, 0.717) is 5.38 Å². The molecule has 0 aromatic rings. The van der Waals surface area contributed by atoms with E-state index in [9.17, 15) is 4.79 Å². The second kappa shape index (κ2) is 6.68. The van der Waals surface area contributed by atoms with Gasteiger partial charge in [-0.05, 0) is 34.2 Å². The highest BCUT2D eigenvalue weighted by Crippen LogP contribution is 2.19. The molecule has 0 aromatic heterocycles. The van der Waals surface area contributed by atoms with E-state index >= 15 is 0 Å². The summed E-state index contributed by atoms with van der Waals surface area (Å²) in [5.41, 5.74) is 0. The summed E-state index contributed by atoms with van der Waals surface area (Å²) in [6, 6.07) is 0. The Kier molecular flexibility index (Phi) is 6.75. The molecule has 0 rings (SSSR count). The van der Waals surface area contributed by atoms with E-state index in [2.05, 4.69) is 0 Å². The van der Waals surface area contributed by atoms with Crippen molar-refractivity contribution in [1.29, 1.82) is 0 Å². The molecule has 3 nitrogen and oxygen atoms in total. The first-order chi connectivity index (χ1) is 6.75. The average Bonchev–Trinajstić information content (AvgIpc) is 1.97. The molecule has 0 radical (unpaired) electrons. The highest BCUT2D eigenvalue weighted by Gasteiger charge is 2.34. The highest BCUT2D eigenvalue weighted by molar-refractivity contribution is 8.14. The summed E-state index contributed by atoms with van der Waals surface area (Å²) in [6.07, 6.45) is 0.293. The van der Waals surface area contributed by atoms with Gasteiger partial charge in [0, 0.05) is 24.5 Å². The van der Waals surface area contributed by atoms with E-state index in [1.807, 2.05) is 34.2 Å². The van der Waals surface area contributed by atoms with Crippen molar-refractivity contribution in [1.82, 2.24) is 0 Å². The summed E-state index contributed by atoms with van der Waals surface area (Å²) in [5.74, 6) is 0. The van der Waals surface area contributed by atoms with Crippen molar-refractivity contribution in [3.8, 4) is 0 Å². The predicted molar refractivity (Wildman–Crippen MR) is 67.2 cm³/mol. The molecule has 5 heteroatoms. The third-order valence-electron chi connectivity index (χ3n) is 1.51. The lowest BCUT2D eigenvalue weighted by molar-refractivity contribution is -0.109. The van der Waals surface area contributed by atoms with Crippen LogP contribution in [0.4, 0.5) is 0 Å². The number of thioether (sulfide) groups is 1. The summed E-state index contributed by atoms with van der Waals surface area (Å²) < 4.78 is 11.7. The Morgan fingerprint density at radius 3 is 1.87 bits per heavy atom. The SMILES string of the molecule is CC(=O)SC[Si](C)(OC(C)C)OC(C)C. The zero-order chi connectivity index (χ0) is 12.1. The Balaban J connectivity index is 4.32. The maximum absolute atomic E-state index is 10.9. The number of carbonyl (C=O) groups is 1. The van der Waals surface area contributed by atoms with Crippen molar-refractivity contribution in [2.24, 2.45) is 0 Å². The van der Waals surface area contributed by atoms with Gasteiger partial charge in [0.1, 0.15) is 0 Å². The van der Waals surface area contributed by atoms with Gasteiger partial charge >= 0.3 is 8.56 Å². The predicted octanol–water partition coefficient (Wildman–Crippen LogP) is 2.73. The highest BCUT2D eigenvalue weighted by atomic mass is 32.2. The average molecular weight is 250 g/mol. The Labute approximate surface area is 98.2 Å². The Hall–Kier alpha value is 0.157. The molecule has 0 unspecified atom stereocenters. The van der Waals surface area contributed by atoms with E-state index in [0.717, 1.165) is 0 Å². The number of rotatable bonds is 6. The van der Waals surface area contributed by atoms with Gasteiger partial charge in [0.2, 0.25) is 0 Å². The standard InChI is InChI=1S/C10H22O3SSi/c1-8(2)12-15(6,13-9(3)4)7-14-10(5)11/h8-9H,7H2,1-6H3. The topological polar surface area (TPSA) is 35.5 Å². The van der Waals surface area contributed by atoms with Gasteiger partial charge < -0.3 is 8.85 Å². The van der Waals surface area contributed by atoms with Crippen LogP contribution in [0, 0.1) is 0 Å². The van der Waals surface area contributed by atoms with Crippen molar-refractivity contribution in [3.05, 3.63) is 0 Å². The fraction of sp³-hybridized carbons (Fsp3) is 0.900. The number of hydrogen-bond donors (Lipinski definition) is 0. The minimum Gasteiger partial charge on any atom is -0.391 e. The minimum atomic E-state index is -2.20. The van der Waals surface area contributed by atoms with Gasteiger partial charge in [-0.1, -0.05) is 11.8 Å². The summed E-state index contributed by atoms with van der Waals surface area (Å²) >= 11 is 1.30. The zero-order valence-electron chi connectivity index (χ0n) is 10.5. The summed E-state index contributed by atoms with van der Waals surface area (Å²) in [5, 5.41) is 0.784. The largest absolute Gasteiger partial charge is 0.391 e. The summed E-state index contributed by atoms with van der Waals surface area (Å²) in [4.78, 5) is 10.9. The molecule has 0 saturated carbocycles. The molecule has 0 aliphatic carbocycles. The first-order valence-corrected chi connectivity index (χ1v) is 8.75. The molecular formula is C10H22O3SSi. The second-order valence-corrected chi connectivity index (χ2v) is 9.00. The van der Waals surface area contributed by atoms with E-state index in [1.165, 1.54) is 11.8 Å².